The monoisotopic (exact) mass is 422 g/mol. The fourth-order valence-electron chi connectivity index (χ4n) is 3.33. The SMILES string of the molecule is C[C@H]([NH2+][C@H](C)c1ccc(Cl)cc1Cl)C(=O)Nc1ccc(N2CCOCC2)cc1. The highest BCUT2D eigenvalue weighted by atomic mass is 35.5. The van der Waals surface area contributed by atoms with Gasteiger partial charge in [0.15, 0.2) is 6.04 Å². The Kier molecular flexibility index (Phi) is 7.18. The van der Waals surface area contributed by atoms with Crippen molar-refractivity contribution >= 4 is 40.5 Å². The molecule has 2 aromatic carbocycles. The zero-order valence-corrected chi connectivity index (χ0v) is 17.6. The Morgan fingerprint density at radius 2 is 1.79 bits per heavy atom. The van der Waals surface area contributed by atoms with E-state index in [0.717, 1.165) is 43.2 Å². The van der Waals surface area contributed by atoms with E-state index in [1.165, 1.54) is 0 Å². The van der Waals surface area contributed by atoms with Gasteiger partial charge in [-0.15, -0.1) is 0 Å². The summed E-state index contributed by atoms with van der Waals surface area (Å²) >= 11 is 12.2. The molecule has 1 fully saturated rings. The van der Waals surface area contributed by atoms with Gasteiger partial charge < -0.3 is 20.3 Å². The maximum absolute atomic E-state index is 12.6. The fourth-order valence-corrected chi connectivity index (χ4v) is 3.91. The predicted molar refractivity (Wildman–Crippen MR) is 114 cm³/mol. The van der Waals surface area contributed by atoms with E-state index in [1.54, 1.807) is 6.07 Å². The van der Waals surface area contributed by atoms with Gasteiger partial charge in [-0.1, -0.05) is 29.3 Å². The molecule has 0 bridgehead atoms. The summed E-state index contributed by atoms with van der Waals surface area (Å²) in [5, 5.41) is 6.19. The number of rotatable bonds is 6. The van der Waals surface area contributed by atoms with Crippen LogP contribution in [0.5, 0.6) is 0 Å². The minimum Gasteiger partial charge on any atom is -0.378 e. The van der Waals surface area contributed by atoms with Crippen LogP contribution in [-0.2, 0) is 9.53 Å². The zero-order chi connectivity index (χ0) is 20.1. The average molecular weight is 423 g/mol. The highest BCUT2D eigenvalue weighted by Gasteiger charge is 2.22. The Morgan fingerprint density at radius 1 is 1.11 bits per heavy atom. The summed E-state index contributed by atoms with van der Waals surface area (Å²) in [6.07, 6.45) is 0. The fraction of sp³-hybridized carbons (Fsp3) is 0.381. The van der Waals surface area contributed by atoms with E-state index in [0.29, 0.717) is 10.0 Å². The van der Waals surface area contributed by atoms with Crippen LogP contribution in [0.4, 0.5) is 11.4 Å². The summed E-state index contributed by atoms with van der Waals surface area (Å²) < 4.78 is 5.38. The molecule has 2 atom stereocenters. The standard InChI is InChI=1S/C21H25Cl2N3O2/c1-14(19-8-3-16(22)13-20(19)23)24-15(2)21(27)25-17-4-6-18(7-5-17)26-9-11-28-12-10-26/h3-8,13-15,24H,9-12H2,1-2H3,(H,25,27)/p+1/t14-,15+/m1/s1. The van der Waals surface area contributed by atoms with E-state index in [4.69, 9.17) is 27.9 Å². The lowest BCUT2D eigenvalue weighted by atomic mass is 10.1. The summed E-state index contributed by atoms with van der Waals surface area (Å²) in [5.41, 5.74) is 2.90. The summed E-state index contributed by atoms with van der Waals surface area (Å²) in [4.78, 5) is 14.9. The van der Waals surface area contributed by atoms with Gasteiger partial charge in [-0.05, 0) is 50.2 Å². The van der Waals surface area contributed by atoms with Crippen molar-refractivity contribution in [3.05, 3.63) is 58.1 Å². The molecule has 28 heavy (non-hydrogen) atoms. The smallest absolute Gasteiger partial charge is 0.282 e. The van der Waals surface area contributed by atoms with Gasteiger partial charge in [0.1, 0.15) is 6.04 Å². The quantitative estimate of drug-likeness (QED) is 0.748. The molecule has 0 radical (unpaired) electrons. The molecule has 1 heterocycles. The van der Waals surface area contributed by atoms with Crippen LogP contribution in [0.1, 0.15) is 25.5 Å². The largest absolute Gasteiger partial charge is 0.378 e. The number of nitrogens with one attached hydrogen (secondary N) is 1. The van der Waals surface area contributed by atoms with Crippen molar-refractivity contribution in [2.24, 2.45) is 0 Å². The Bertz CT molecular complexity index is 808. The second kappa shape index (κ2) is 9.61. The van der Waals surface area contributed by atoms with Crippen LogP contribution in [0, 0.1) is 0 Å². The number of hydrogen-bond donors (Lipinski definition) is 2. The minimum atomic E-state index is -0.263. The molecule has 2 aromatic rings. The van der Waals surface area contributed by atoms with Gasteiger partial charge in [0.25, 0.3) is 5.91 Å². The molecule has 150 valence electrons. The van der Waals surface area contributed by atoms with Crippen LogP contribution in [0.15, 0.2) is 42.5 Å². The molecule has 3 rings (SSSR count). The Labute approximate surface area is 176 Å². The van der Waals surface area contributed by atoms with Gasteiger partial charge in [-0.3, -0.25) is 4.79 Å². The Hall–Kier alpha value is -1.79. The molecule has 0 unspecified atom stereocenters. The van der Waals surface area contributed by atoms with Crippen LogP contribution in [-0.4, -0.2) is 38.3 Å². The number of carbonyl (C=O) groups is 1. The third kappa shape index (κ3) is 5.39. The average Bonchev–Trinajstić information content (AvgIpc) is 2.69. The topological polar surface area (TPSA) is 58.2 Å². The molecular weight excluding hydrogens is 397 g/mol. The van der Waals surface area contributed by atoms with Crippen LogP contribution in [0.3, 0.4) is 0 Å². The van der Waals surface area contributed by atoms with Crippen LogP contribution in [0.25, 0.3) is 0 Å². The number of nitrogens with zero attached hydrogens (tertiary/aromatic N) is 1. The molecule has 7 heteroatoms. The van der Waals surface area contributed by atoms with Gasteiger partial charge in [0.2, 0.25) is 0 Å². The summed E-state index contributed by atoms with van der Waals surface area (Å²) in [6.45, 7) is 7.20. The summed E-state index contributed by atoms with van der Waals surface area (Å²) in [6, 6.07) is 13.2. The second-order valence-electron chi connectivity index (χ2n) is 7.07. The number of hydrogen-bond acceptors (Lipinski definition) is 3. The molecular formula is C21H26Cl2N3O2+. The van der Waals surface area contributed by atoms with Crippen molar-refractivity contribution in [2.45, 2.75) is 25.9 Å². The number of halogens is 2. The van der Waals surface area contributed by atoms with Gasteiger partial charge in [-0.2, -0.15) is 0 Å². The number of quaternary nitrogens is 1. The normalized spacial score (nSPS) is 16.5. The lowest BCUT2D eigenvalue weighted by Gasteiger charge is -2.29. The van der Waals surface area contributed by atoms with E-state index in [1.807, 2.05) is 55.6 Å². The van der Waals surface area contributed by atoms with Gasteiger partial charge >= 0.3 is 0 Å². The van der Waals surface area contributed by atoms with Crippen LogP contribution in [0.2, 0.25) is 10.0 Å². The van der Waals surface area contributed by atoms with E-state index in [-0.39, 0.29) is 18.0 Å². The molecule has 1 aliphatic rings. The molecule has 0 aromatic heterocycles. The molecule has 1 saturated heterocycles. The predicted octanol–water partition coefficient (Wildman–Crippen LogP) is 3.48. The zero-order valence-electron chi connectivity index (χ0n) is 16.1. The third-order valence-corrected chi connectivity index (χ3v) is 5.52. The summed E-state index contributed by atoms with van der Waals surface area (Å²) in [7, 11) is 0. The van der Waals surface area contributed by atoms with Gasteiger partial charge in [0, 0.05) is 35.1 Å². The maximum Gasteiger partial charge on any atom is 0.282 e. The number of nitrogens with two attached hydrogens (primary N) is 1. The first-order valence-corrected chi connectivity index (χ1v) is 10.2. The number of morpholine rings is 1. The number of benzene rings is 2. The molecule has 5 nitrogen and oxygen atoms in total. The first-order valence-electron chi connectivity index (χ1n) is 9.47. The van der Waals surface area contributed by atoms with Crippen LogP contribution >= 0.6 is 23.2 Å². The van der Waals surface area contributed by atoms with Crippen molar-refractivity contribution < 1.29 is 14.8 Å². The van der Waals surface area contributed by atoms with Crippen molar-refractivity contribution in [2.75, 3.05) is 36.5 Å². The molecule has 1 aliphatic heterocycles. The van der Waals surface area contributed by atoms with E-state index in [9.17, 15) is 4.79 Å². The van der Waals surface area contributed by atoms with Gasteiger partial charge in [-0.25, -0.2) is 0 Å². The number of anilines is 2. The van der Waals surface area contributed by atoms with E-state index >= 15 is 0 Å². The van der Waals surface area contributed by atoms with Gasteiger partial charge in [0.05, 0.1) is 18.2 Å². The molecule has 0 aliphatic carbocycles. The minimum absolute atomic E-state index is 0.0363. The number of ether oxygens (including phenoxy) is 1. The molecule has 0 saturated carbocycles. The maximum atomic E-state index is 12.6. The highest BCUT2D eigenvalue weighted by Crippen LogP contribution is 2.24. The van der Waals surface area contributed by atoms with Crippen molar-refractivity contribution in [3.8, 4) is 0 Å². The summed E-state index contributed by atoms with van der Waals surface area (Å²) in [5.74, 6) is -0.0453. The molecule has 1 amide bonds. The second-order valence-corrected chi connectivity index (χ2v) is 7.91. The van der Waals surface area contributed by atoms with E-state index < -0.39 is 0 Å². The lowest BCUT2D eigenvalue weighted by Crippen LogP contribution is -2.91. The first-order chi connectivity index (χ1) is 13.4. The van der Waals surface area contributed by atoms with Crippen LogP contribution < -0.4 is 15.5 Å². The highest BCUT2D eigenvalue weighted by molar-refractivity contribution is 6.35. The molecule has 3 N–H and O–H groups in total. The van der Waals surface area contributed by atoms with Crippen molar-refractivity contribution in [3.63, 3.8) is 0 Å². The Balaban J connectivity index is 1.56. The number of amides is 1. The third-order valence-electron chi connectivity index (χ3n) is 4.96. The molecule has 0 spiro atoms. The van der Waals surface area contributed by atoms with E-state index in [2.05, 4.69) is 10.2 Å². The lowest BCUT2D eigenvalue weighted by molar-refractivity contribution is -0.709. The number of carbonyl (C=O) groups excluding carboxylic acids is 1. The first kappa shape index (κ1) is 20.9. The van der Waals surface area contributed by atoms with Crippen molar-refractivity contribution in [1.82, 2.24) is 0 Å². The Morgan fingerprint density at radius 3 is 2.43 bits per heavy atom. The van der Waals surface area contributed by atoms with Crippen molar-refractivity contribution in [1.29, 1.82) is 0 Å².